The molecule has 0 aromatic heterocycles. The van der Waals surface area contributed by atoms with Gasteiger partial charge in [-0.15, -0.1) is 0 Å². The van der Waals surface area contributed by atoms with Crippen LogP contribution in [0.25, 0.3) is 54.9 Å². The van der Waals surface area contributed by atoms with Gasteiger partial charge in [-0.2, -0.15) is 0 Å². The van der Waals surface area contributed by atoms with Crippen LogP contribution < -0.4 is 0 Å². The van der Waals surface area contributed by atoms with Crippen molar-refractivity contribution in [1.82, 2.24) is 0 Å². The maximum absolute atomic E-state index is 3.65. The average Bonchev–Trinajstić information content (AvgIpc) is 2.86. The van der Waals surface area contributed by atoms with Gasteiger partial charge in [0.2, 0.25) is 0 Å². The SMILES string of the molecule is Brc1cc(Br)cc(-c2ccc(-c3ccc(-c4cc(Br)cc(Br)c4)c4ccccc34)c3ccccc23)c1. The van der Waals surface area contributed by atoms with E-state index in [-0.39, 0.29) is 0 Å². The summed E-state index contributed by atoms with van der Waals surface area (Å²) in [5.74, 6) is 0. The van der Waals surface area contributed by atoms with Crippen LogP contribution in [-0.4, -0.2) is 0 Å². The first kappa shape index (κ1) is 24.1. The van der Waals surface area contributed by atoms with E-state index in [1.807, 2.05) is 0 Å². The van der Waals surface area contributed by atoms with Crippen LogP contribution in [0.5, 0.6) is 0 Å². The average molecular weight is 722 g/mol. The Balaban J connectivity index is 1.60. The molecule has 6 aromatic carbocycles. The van der Waals surface area contributed by atoms with Gasteiger partial charge in [-0.1, -0.05) is 137 Å². The van der Waals surface area contributed by atoms with Crippen LogP contribution in [0, 0.1) is 0 Å². The Kier molecular flexibility index (Phi) is 6.64. The highest BCUT2D eigenvalue weighted by atomic mass is 79.9. The number of hydrogen-bond acceptors (Lipinski definition) is 0. The van der Waals surface area contributed by atoms with E-state index >= 15 is 0 Å². The van der Waals surface area contributed by atoms with Gasteiger partial charge in [-0.3, -0.25) is 0 Å². The van der Waals surface area contributed by atoms with Crippen molar-refractivity contribution >= 4 is 85.3 Å². The summed E-state index contributed by atoms with van der Waals surface area (Å²) in [6.07, 6.45) is 0. The predicted octanol–water partition coefficient (Wildman–Crippen LogP) is 12.0. The Hall–Kier alpha value is -2.24. The van der Waals surface area contributed by atoms with E-state index in [1.54, 1.807) is 0 Å². The van der Waals surface area contributed by atoms with Gasteiger partial charge >= 0.3 is 0 Å². The molecule has 36 heavy (non-hydrogen) atoms. The van der Waals surface area contributed by atoms with Crippen LogP contribution in [-0.2, 0) is 0 Å². The van der Waals surface area contributed by atoms with E-state index in [4.69, 9.17) is 0 Å². The highest BCUT2D eigenvalue weighted by Gasteiger charge is 2.14. The Morgan fingerprint density at radius 1 is 0.306 bits per heavy atom. The highest BCUT2D eigenvalue weighted by molar-refractivity contribution is 9.11. The molecule has 0 atom stereocenters. The van der Waals surface area contributed by atoms with Crippen molar-refractivity contribution in [2.45, 2.75) is 0 Å². The van der Waals surface area contributed by atoms with Crippen LogP contribution in [0.15, 0.2) is 127 Å². The van der Waals surface area contributed by atoms with E-state index in [1.165, 1.54) is 54.9 Å². The van der Waals surface area contributed by atoms with E-state index in [0.717, 1.165) is 17.9 Å². The van der Waals surface area contributed by atoms with Crippen molar-refractivity contribution in [3.8, 4) is 33.4 Å². The molecule has 0 nitrogen and oxygen atoms in total. The van der Waals surface area contributed by atoms with Crippen molar-refractivity contribution in [1.29, 1.82) is 0 Å². The third-order valence-electron chi connectivity index (χ3n) is 6.49. The number of benzene rings is 6. The summed E-state index contributed by atoms with van der Waals surface area (Å²) in [5.41, 5.74) is 7.27. The molecule has 0 aliphatic heterocycles. The molecule has 0 bridgehead atoms. The smallest absolute Gasteiger partial charge is 0.0192 e. The Bertz CT molecular complexity index is 1610. The molecule has 0 radical (unpaired) electrons. The molecule has 6 rings (SSSR count). The van der Waals surface area contributed by atoms with Crippen molar-refractivity contribution in [3.63, 3.8) is 0 Å². The Morgan fingerprint density at radius 2 is 0.583 bits per heavy atom. The van der Waals surface area contributed by atoms with Gasteiger partial charge in [-0.05, 0) is 91.3 Å². The summed E-state index contributed by atoms with van der Waals surface area (Å²) >= 11 is 14.6. The topological polar surface area (TPSA) is 0 Å². The van der Waals surface area contributed by atoms with E-state index < -0.39 is 0 Å². The van der Waals surface area contributed by atoms with E-state index in [2.05, 4.69) is 173 Å². The lowest BCUT2D eigenvalue weighted by Crippen LogP contribution is -1.89. The van der Waals surface area contributed by atoms with Gasteiger partial charge in [0.1, 0.15) is 0 Å². The fourth-order valence-electron chi connectivity index (χ4n) is 4.99. The molecule has 174 valence electrons. The summed E-state index contributed by atoms with van der Waals surface area (Å²) in [5, 5.41) is 4.97. The second-order valence-electron chi connectivity index (χ2n) is 8.73. The van der Waals surface area contributed by atoms with Crippen molar-refractivity contribution < 1.29 is 0 Å². The first-order valence-corrected chi connectivity index (χ1v) is 14.6. The van der Waals surface area contributed by atoms with Gasteiger partial charge in [-0.25, -0.2) is 0 Å². The number of fused-ring (bicyclic) bond motifs is 2. The molecule has 0 N–H and O–H groups in total. The Labute approximate surface area is 243 Å². The minimum atomic E-state index is 1.06. The van der Waals surface area contributed by atoms with Crippen LogP contribution in [0.4, 0.5) is 0 Å². The molecule has 0 aliphatic carbocycles. The molecular formula is C32H18Br4. The number of hydrogen-bond donors (Lipinski definition) is 0. The maximum atomic E-state index is 3.65. The zero-order chi connectivity index (χ0) is 24.8. The minimum absolute atomic E-state index is 1.06. The summed E-state index contributed by atoms with van der Waals surface area (Å²) in [7, 11) is 0. The minimum Gasteiger partial charge on any atom is -0.0616 e. The normalized spacial score (nSPS) is 11.3. The summed E-state index contributed by atoms with van der Waals surface area (Å²) in [4.78, 5) is 0. The monoisotopic (exact) mass is 718 g/mol. The van der Waals surface area contributed by atoms with E-state index in [9.17, 15) is 0 Å². The first-order valence-electron chi connectivity index (χ1n) is 11.4. The van der Waals surface area contributed by atoms with Gasteiger partial charge in [0.25, 0.3) is 0 Å². The predicted molar refractivity (Wildman–Crippen MR) is 169 cm³/mol. The third kappa shape index (κ3) is 4.50. The molecule has 4 heteroatoms. The molecule has 0 amide bonds. The molecular weight excluding hydrogens is 704 g/mol. The second-order valence-corrected chi connectivity index (χ2v) is 12.4. The largest absolute Gasteiger partial charge is 0.0616 e. The first-order chi connectivity index (χ1) is 17.5. The molecule has 0 saturated heterocycles. The van der Waals surface area contributed by atoms with Crippen molar-refractivity contribution in [2.24, 2.45) is 0 Å². The zero-order valence-corrected chi connectivity index (χ0v) is 25.2. The van der Waals surface area contributed by atoms with Crippen molar-refractivity contribution in [2.75, 3.05) is 0 Å². The molecule has 0 spiro atoms. The number of halogens is 4. The van der Waals surface area contributed by atoms with Crippen LogP contribution >= 0.6 is 63.7 Å². The Morgan fingerprint density at radius 3 is 0.917 bits per heavy atom. The molecule has 0 heterocycles. The molecule has 0 saturated carbocycles. The van der Waals surface area contributed by atoms with Gasteiger partial charge in [0.15, 0.2) is 0 Å². The molecule has 0 aliphatic rings. The zero-order valence-electron chi connectivity index (χ0n) is 18.9. The highest BCUT2D eigenvalue weighted by Crippen LogP contribution is 2.42. The maximum Gasteiger partial charge on any atom is 0.0192 e. The van der Waals surface area contributed by atoms with Crippen LogP contribution in [0.1, 0.15) is 0 Å². The molecule has 6 aromatic rings. The van der Waals surface area contributed by atoms with Gasteiger partial charge < -0.3 is 0 Å². The molecule has 0 fully saturated rings. The lowest BCUT2D eigenvalue weighted by atomic mass is 9.88. The quantitative estimate of drug-likeness (QED) is 0.171. The standard InChI is InChI=1S/C32H18Br4/c33-21-13-19(14-22(34)17-21)25-9-11-31(29-7-3-1-5-27(25)29)32-12-10-26(28-6-2-4-8-30(28)32)20-15-23(35)18-24(36)16-20/h1-18H. The lowest BCUT2D eigenvalue weighted by Gasteiger charge is -2.16. The van der Waals surface area contributed by atoms with Crippen molar-refractivity contribution in [3.05, 3.63) is 127 Å². The second kappa shape index (κ2) is 9.90. The summed E-state index contributed by atoms with van der Waals surface area (Å²) in [6, 6.07) is 39.3. The van der Waals surface area contributed by atoms with E-state index in [0.29, 0.717) is 0 Å². The van der Waals surface area contributed by atoms with Crippen LogP contribution in [0.2, 0.25) is 0 Å². The third-order valence-corrected chi connectivity index (χ3v) is 8.32. The number of rotatable bonds is 3. The summed E-state index contributed by atoms with van der Waals surface area (Å²) in [6.45, 7) is 0. The summed E-state index contributed by atoms with van der Waals surface area (Å²) < 4.78 is 4.23. The van der Waals surface area contributed by atoms with Gasteiger partial charge in [0.05, 0.1) is 0 Å². The molecule has 0 unspecified atom stereocenters. The lowest BCUT2D eigenvalue weighted by molar-refractivity contribution is 1.57. The fraction of sp³-hybridized carbons (Fsp3) is 0. The van der Waals surface area contributed by atoms with Crippen LogP contribution in [0.3, 0.4) is 0 Å². The fourth-order valence-corrected chi connectivity index (χ4v) is 7.58. The van der Waals surface area contributed by atoms with Gasteiger partial charge in [0, 0.05) is 17.9 Å².